The van der Waals surface area contributed by atoms with Crippen LogP contribution >= 0.6 is 0 Å². The molecule has 0 aliphatic heterocycles. The zero-order valence-electron chi connectivity index (χ0n) is 7.75. The number of rotatable bonds is 2. The van der Waals surface area contributed by atoms with E-state index in [9.17, 15) is 13.2 Å². The monoisotopic (exact) mass is 233 g/mol. The predicted molar refractivity (Wildman–Crippen MR) is 46.0 cm³/mol. The van der Waals surface area contributed by atoms with Crippen LogP contribution in [0.4, 0.5) is 19.0 Å². The van der Waals surface area contributed by atoms with Gasteiger partial charge >= 0.3 is 6.36 Å². The molecule has 0 atom stereocenters. The van der Waals surface area contributed by atoms with E-state index < -0.39 is 18.8 Å². The first kappa shape index (κ1) is 12.1. The van der Waals surface area contributed by atoms with Crippen LogP contribution in [0.2, 0.25) is 0 Å². The third-order valence-corrected chi connectivity index (χ3v) is 1.59. The summed E-state index contributed by atoms with van der Waals surface area (Å²) in [6, 6.07) is 2.61. The highest BCUT2D eigenvalue weighted by molar-refractivity contribution is 5.52. The number of halogens is 3. The topological polar surface area (TPSA) is 92.2 Å². The average molecular weight is 233 g/mol. The molecule has 16 heavy (non-hydrogen) atoms. The van der Waals surface area contributed by atoms with Crippen molar-refractivity contribution < 1.29 is 23.0 Å². The normalized spacial score (nSPS) is 10.9. The van der Waals surface area contributed by atoms with Gasteiger partial charge in [-0.1, -0.05) is 0 Å². The number of anilines is 1. The number of aliphatic hydroxyl groups is 1. The first-order chi connectivity index (χ1) is 7.37. The van der Waals surface area contributed by atoms with Gasteiger partial charge in [0.25, 0.3) is 0 Å². The molecule has 0 saturated carbocycles. The van der Waals surface area contributed by atoms with Crippen LogP contribution in [0.15, 0.2) is 6.07 Å². The number of nitrogens with two attached hydrogens (primary N) is 1. The van der Waals surface area contributed by atoms with Gasteiger partial charge in [0.2, 0.25) is 5.88 Å². The summed E-state index contributed by atoms with van der Waals surface area (Å²) in [7, 11) is 0. The van der Waals surface area contributed by atoms with Gasteiger partial charge in [-0.3, -0.25) is 0 Å². The van der Waals surface area contributed by atoms with Crippen molar-refractivity contribution in [1.29, 1.82) is 5.26 Å². The molecule has 0 amide bonds. The highest BCUT2D eigenvalue weighted by Crippen LogP contribution is 2.27. The lowest BCUT2D eigenvalue weighted by atomic mass is 10.2. The fourth-order valence-electron chi connectivity index (χ4n) is 0.952. The highest BCUT2D eigenvalue weighted by Gasteiger charge is 2.33. The number of aromatic nitrogens is 1. The van der Waals surface area contributed by atoms with Gasteiger partial charge in [-0.2, -0.15) is 10.2 Å². The van der Waals surface area contributed by atoms with Gasteiger partial charge in [-0.05, 0) is 6.07 Å². The van der Waals surface area contributed by atoms with Crippen LogP contribution in [-0.2, 0) is 6.61 Å². The number of nitriles is 1. The second-order valence-corrected chi connectivity index (χ2v) is 2.70. The molecule has 0 aliphatic rings. The lowest BCUT2D eigenvalue weighted by Crippen LogP contribution is -2.19. The molecule has 0 aromatic carbocycles. The molecule has 0 aliphatic carbocycles. The largest absolute Gasteiger partial charge is 0.574 e. The van der Waals surface area contributed by atoms with E-state index in [1.165, 1.54) is 0 Å². The summed E-state index contributed by atoms with van der Waals surface area (Å²) in [5, 5.41) is 17.3. The summed E-state index contributed by atoms with van der Waals surface area (Å²) in [5.74, 6) is -1.24. The molecule has 8 heteroatoms. The minimum atomic E-state index is -4.93. The van der Waals surface area contributed by atoms with E-state index in [-0.39, 0.29) is 16.9 Å². The summed E-state index contributed by atoms with van der Waals surface area (Å²) < 4.78 is 39.3. The van der Waals surface area contributed by atoms with Gasteiger partial charge < -0.3 is 15.6 Å². The maximum Gasteiger partial charge on any atom is 0.574 e. The second-order valence-electron chi connectivity index (χ2n) is 2.70. The summed E-state index contributed by atoms with van der Waals surface area (Å²) in [6.07, 6.45) is -4.93. The van der Waals surface area contributed by atoms with Crippen LogP contribution in [0, 0.1) is 11.3 Å². The van der Waals surface area contributed by atoms with Gasteiger partial charge in [0, 0.05) is 5.56 Å². The fourth-order valence-corrected chi connectivity index (χ4v) is 0.952. The van der Waals surface area contributed by atoms with Gasteiger partial charge in [-0.25, -0.2) is 0 Å². The Morgan fingerprint density at radius 2 is 2.19 bits per heavy atom. The van der Waals surface area contributed by atoms with Crippen molar-refractivity contribution in [2.45, 2.75) is 13.0 Å². The molecule has 86 valence electrons. The van der Waals surface area contributed by atoms with Crippen LogP contribution < -0.4 is 10.5 Å². The van der Waals surface area contributed by atoms with Gasteiger partial charge in [-0.15, -0.1) is 13.2 Å². The van der Waals surface area contributed by atoms with Crippen LogP contribution in [-0.4, -0.2) is 16.5 Å². The molecule has 0 unspecified atom stereocenters. The van der Waals surface area contributed by atoms with E-state index >= 15 is 0 Å². The van der Waals surface area contributed by atoms with E-state index in [0.717, 1.165) is 6.07 Å². The van der Waals surface area contributed by atoms with Crippen molar-refractivity contribution in [3.8, 4) is 11.9 Å². The van der Waals surface area contributed by atoms with Crippen molar-refractivity contribution in [3.05, 3.63) is 17.2 Å². The Labute approximate surface area is 87.9 Å². The zero-order valence-corrected chi connectivity index (χ0v) is 7.75. The molecule has 1 heterocycles. The van der Waals surface area contributed by atoms with E-state index in [4.69, 9.17) is 16.1 Å². The summed E-state index contributed by atoms with van der Waals surface area (Å²) in [5.41, 5.74) is 4.82. The Morgan fingerprint density at radius 3 is 2.62 bits per heavy atom. The Kier molecular flexibility index (Phi) is 3.20. The Morgan fingerprint density at radius 1 is 1.56 bits per heavy atom. The molecule has 0 fully saturated rings. The molecule has 0 radical (unpaired) electrons. The number of hydrogen-bond donors (Lipinski definition) is 2. The molecule has 1 rings (SSSR count). The Bertz CT molecular complexity index is 439. The smallest absolute Gasteiger partial charge is 0.391 e. The fraction of sp³-hybridized carbons (Fsp3) is 0.250. The maximum atomic E-state index is 11.9. The van der Waals surface area contributed by atoms with E-state index in [0.29, 0.717) is 0 Å². The molecule has 1 aromatic rings. The third kappa shape index (κ3) is 2.74. The Balaban J connectivity index is 3.20. The number of ether oxygens (including phenoxy) is 1. The zero-order chi connectivity index (χ0) is 12.3. The molecule has 1 aromatic heterocycles. The van der Waals surface area contributed by atoms with Gasteiger partial charge in [0.1, 0.15) is 11.9 Å². The molecular formula is C8H6F3N3O2. The number of hydrogen-bond acceptors (Lipinski definition) is 5. The third-order valence-electron chi connectivity index (χ3n) is 1.59. The minimum Gasteiger partial charge on any atom is -0.391 e. The second kappa shape index (κ2) is 4.24. The van der Waals surface area contributed by atoms with Gasteiger partial charge in [0.05, 0.1) is 12.2 Å². The standard InChI is InChI=1S/C8H6F3N3O2/c9-8(10,11)16-7-5(3-15)1-4(2-12)6(13)14-7/h1,15H,3H2,(H2,13,14). The number of nitrogen functional groups attached to an aromatic ring is 1. The lowest BCUT2D eigenvalue weighted by molar-refractivity contribution is -0.276. The number of pyridine rings is 1. The minimum absolute atomic E-state index is 0.126. The average Bonchev–Trinajstić information content (AvgIpc) is 2.16. The molecule has 0 bridgehead atoms. The summed E-state index contributed by atoms with van der Waals surface area (Å²) >= 11 is 0. The molecule has 5 nitrogen and oxygen atoms in total. The number of alkyl halides is 3. The lowest BCUT2D eigenvalue weighted by Gasteiger charge is -2.11. The van der Waals surface area contributed by atoms with Crippen molar-refractivity contribution in [2.24, 2.45) is 0 Å². The molecule has 0 saturated heterocycles. The van der Waals surface area contributed by atoms with Crippen molar-refractivity contribution in [3.63, 3.8) is 0 Å². The predicted octanol–water partition coefficient (Wildman–Crippen LogP) is 0.926. The van der Waals surface area contributed by atoms with Crippen molar-refractivity contribution >= 4 is 5.82 Å². The van der Waals surface area contributed by atoms with Crippen molar-refractivity contribution in [1.82, 2.24) is 4.98 Å². The van der Waals surface area contributed by atoms with E-state index in [2.05, 4.69) is 9.72 Å². The molecule has 0 spiro atoms. The van der Waals surface area contributed by atoms with Crippen molar-refractivity contribution in [2.75, 3.05) is 5.73 Å². The quantitative estimate of drug-likeness (QED) is 0.792. The first-order valence-corrected chi connectivity index (χ1v) is 3.93. The van der Waals surface area contributed by atoms with Crippen LogP contribution in [0.25, 0.3) is 0 Å². The highest BCUT2D eigenvalue weighted by atomic mass is 19.4. The van der Waals surface area contributed by atoms with E-state index in [1.807, 2.05) is 0 Å². The maximum absolute atomic E-state index is 11.9. The number of aliphatic hydroxyl groups excluding tert-OH is 1. The summed E-state index contributed by atoms with van der Waals surface area (Å²) in [6.45, 7) is -0.743. The SMILES string of the molecule is N#Cc1cc(CO)c(OC(F)(F)F)nc1N. The summed E-state index contributed by atoms with van der Waals surface area (Å²) in [4.78, 5) is 3.25. The first-order valence-electron chi connectivity index (χ1n) is 3.93. The molecule has 3 N–H and O–H groups in total. The van der Waals surface area contributed by atoms with Crippen LogP contribution in [0.5, 0.6) is 5.88 Å². The Hall–Kier alpha value is -2.01. The van der Waals surface area contributed by atoms with Crippen LogP contribution in [0.3, 0.4) is 0 Å². The van der Waals surface area contributed by atoms with E-state index in [1.54, 1.807) is 6.07 Å². The number of nitrogens with zero attached hydrogens (tertiary/aromatic N) is 2. The molecular weight excluding hydrogens is 227 g/mol. The van der Waals surface area contributed by atoms with Crippen LogP contribution in [0.1, 0.15) is 11.1 Å². The van der Waals surface area contributed by atoms with Gasteiger partial charge in [0.15, 0.2) is 0 Å².